The van der Waals surface area contributed by atoms with Crippen molar-refractivity contribution in [2.75, 3.05) is 6.61 Å². The number of benzene rings is 1. The van der Waals surface area contributed by atoms with Gasteiger partial charge in [0.15, 0.2) is 24.0 Å². The lowest BCUT2D eigenvalue weighted by Gasteiger charge is -2.07. The Hall–Kier alpha value is -1.79. The van der Waals surface area contributed by atoms with Gasteiger partial charge in [0.25, 0.3) is 5.91 Å². The molecular formula is C10H13F4NO2. The molecule has 0 atom stereocenters. The van der Waals surface area contributed by atoms with Gasteiger partial charge in [0.05, 0.1) is 0 Å². The van der Waals surface area contributed by atoms with E-state index in [2.05, 4.69) is 10.5 Å². The van der Waals surface area contributed by atoms with E-state index in [0.29, 0.717) is 0 Å². The highest BCUT2D eigenvalue weighted by molar-refractivity contribution is 5.75. The minimum atomic E-state index is -1.71. The fourth-order valence-corrected chi connectivity index (χ4v) is 0.821. The molecule has 0 bridgehead atoms. The molecule has 1 aromatic carbocycles. The lowest BCUT2D eigenvalue weighted by atomic mass is 10.3. The highest BCUT2D eigenvalue weighted by Crippen LogP contribution is 2.26. The summed E-state index contributed by atoms with van der Waals surface area (Å²) in [6.45, 7) is 3.12. The van der Waals surface area contributed by atoms with Crippen molar-refractivity contribution in [2.24, 2.45) is 5.73 Å². The Morgan fingerprint density at radius 3 is 2.00 bits per heavy atom. The molecule has 0 aliphatic carbocycles. The summed E-state index contributed by atoms with van der Waals surface area (Å²) in [6.07, 6.45) is 0. The van der Waals surface area contributed by atoms with Crippen LogP contribution in [0.4, 0.5) is 17.6 Å². The maximum atomic E-state index is 12.8. The van der Waals surface area contributed by atoms with Crippen LogP contribution in [-0.4, -0.2) is 12.5 Å². The highest BCUT2D eigenvalue weighted by atomic mass is 19.2. The molecule has 17 heavy (non-hydrogen) atoms. The van der Waals surface area contributed by atoms with E-state index in [1.165, 1.54) is 0 Å². The molecule has 0 fully saturated rings. The molecule has 0 aromatic heterocycles. The van der Waals surface area contributed by atoms with Gasteiger partial charge < -0.3 is 10.5 Å². The number of nitrogens with two attached hydrogens (primary N) is 1. The summed E-state index contributed by atoms with van der Waals surface area (Å²) < 4.78 is 55.0. The van der Waals surface area contributed by atoms with Crippen molar-refractivity contribution in [2.45, 2.75) is 13.8 Å². The predicted molar refractivity (Wildman–Crippen MR) is 54.4 cm³/mol. The second-order valence-electron chi connectivity index (χ2n) is 2.55. The Bertz CT molecular complexity index is 389. The van der Waals surface area contributed by atoms with E-state index in [-0.39, 0.29) is 7.49 Å². The SMILES string of the molecule is CC.NC(=O)COc1c(F)c(F)cc(F)c1F.[HH]. The number of amides is 1. The van der Waals surface area contributed by atoms with Crippen molar-refractivity contribution in [3.05, 3.63) is 29.3 Å². The zero-order valence-electron chi connectivity index (χ0n) is 9.19. The first-order chi connectivity index (χ1) is 7.93. The minimum Gasteiger partial charge on any atom is -0.477 e. The number of rotatable bonds is 3. The van der Waals surface area contributed by atoms with E-state index < -0.39 is 41.5 Å². The average Bonchev–Trinajstić information content (AvgIpc) is 2.29. The van der Waals surface area contributed by atoms with E-state index >= 15 is 0 Å². The molecular weight excluding hydrogens is 242 g/mol. The molecule has 0 saturated heterocycles. The van der Waals surface area contributed by atoms with Crippen LogP contribution < -0.4 is 10.5 Å². The number of ether oxygens (including phenoxy) is 1. The zero-order valence-corrected chi connectivity index (χ0v) is 9.19. The van der Waals surface area contributed by atoms with Crippen molar-refractivity contribution in [1.29, 1.82) is 0 Å². The van der Waals surface area contributed by atoms with Crippen LogP contribution in [0, 0.1) is 23.3 Å². The molecule has 0 heterocycles. The second-order valence-corrected chi connectivity index (χ2v) is 2.55. The van der Waals surface area contributed by atoms with Crippen LogP contribution in [0.2, 0.25) is 0 Å². The lowest BCUT2D eigenvalue weighted by Crippen LogP contribution is -2.21. The summed E-state index contributed by atoms with van der Waals surface area (Å²) >= 11 is 0. The Kier molecular flexibility index (Phi) is 6.01. The predicted octanol–water partition coefficient (Wildman–Crippen LogP) is 2.38. The van der Waals surface area contributed by atoms with Crippen molar-refractivity contribution < 1.29 is 28.5 Å². The molecule has 0 aliphatic heterocycles. The molecule has 0 spiro atoms. The van der Waals surface area contributed by atoms with Crippen LogP contribution in [0.1, 0.15) is 15.3 Å². The Morgan fingerprint density at radius 1 is 1.24 bits per heavy atom. The molecule has 2 N–H and O–H groups in total. The lowest BCUT2D eigenvalue weighted by molar-refractivity contribution is -0.120. The summed E-state index contributed by atoms with van der Waals surface area (Å²) in [5.74, 6) is -8.99. The third-order valence-corrected chi connectivity index (χ3v) is 1.43. The van der Waals surface area contributed by atoms with Crippen molar-refractivity contribution in [3.8, 4) is 5.75 Å². The molecule has 0 radical (unpaired) electrons. The molecule has 1 amide bonds. The minimum absolute atomic E-state index is 0. The average molecular weight is 255 g/mol. The highest BCUT2D eigenvalue weighted by Gasteiger charge is 2.20. The number of primary amides is 1. The largest absolute Gasteiger partial charge is 0.477 e. The fourth-order valence-electron chi connectivity index (χ4n) is 0.821. The van der Waals surface area contributed by atoms with Crippen LogP contribution in [0.5, 0.6) is 5.75 Å². The molecule has 0 unspecified atom stereocenters. The summed E-state index contributed by atoms with van der Waals surface area (Å²) in [5, 5.41) is 0. The van der Waals surface area contributed by atoms with E-state index in [9.17, 15) is 22.4 Å². The van der Waals surface area contributed by atoms with Gasteiger partial charge in [-0.05, 0) is 0 Å². The van der Waals surface area contributed by atoms with Gasteiger partial charge in [-0.25, -0.2) is 8.78 Å². The van der Waals surface area contributed by atoms with E-state index in [0.717, 1.165) is 0 Å². The van der Waals surface area contributed by atoms with Crippen molar-refractivity contribution in [1.82, 2.24) is 0 Å². The third-order valence-electron chi connectivity index (χ3n) is 1.43. The van der Waals surface area contributed by atoms with Crippen LogP contribution >= 0.6 is 0 Å². The second kappa shape index (κ2) is 6.72. The summed E-state index contributed by atoms with van der Waals surface area (Å²) in [5.41, 5.74) is 4.62. The molecule has 0 saturated carbocycles. The maximum Gasteiger partial charge on any atom is 0.255 e. The topological polar surface area (TPSA) is 52.3 Å². The van der Waals surface area contributed by atoms with Gasteiger partial charge in [-0.1, -0.05) is 13.8 Å². The van der Waals surface area contributed by atoms with Gasteiger partial charge in [-0.2, -0.15) is 8.78 Å². The monoisotopic (exact) mass is 255 g/mol. The number of carbonyl (C=O) groups excluding carboxylic acids is 1. The van der Waals surface area contributed by atoms with E-state index in [1.54, 1.807) is 0 Å². The first-order valence-electron chi connectivity index (χ1n) is 4.67. The van der Waals surface area contributed by atoms with Crippen molar-refractivity contribution in [3.63, 3.8) is 0 Å². The fraction of sp³-hybridized carbons (Fsp3) is 0.300. The number of halogens is 4. The maximum absolute atomic E-state index is 12.8. The first kappa shape index (κ1) is 15.2. The molecule has 1 rings (SSSR count). The molecule has 1 aromatic rings. The normalized spacial score (nSPS) is 9.29. The number of hydrogen-bond donors (Lipinski definition) is 1. The summed E-state index contributed by atoms with van der Waals surface area (Å²) in [6, 6.07) is 0.0296. The van der Waals surface area contributed by atoms with E-state index in [1.807, 2.05) is 13.8 Å². The Morgan fingerprint density at radius 2 is 1.65 bits per heavy atom. The van der Waals surface area contributed by atoms with Crippen molar-refractivity contribution >= 4 is 5.91 Å². The third kappa shape index (κ3) is 3.93. The first-order valence-corrected chi connectivity index (χ1v) is 4.67. The number of hydrogen-bond acceptors (Lipinski definition) is 2. The summed E-state index contributed by atoms with van der Waals surface area (Å²) in [4.78, 5) is 10.2. The van der Waals surface area contributed by atoms with Gasteiger partial charge in [-0.15, -0.1) is 0 Å². The Labute approximate surface area is 96.7 Å². The smallest absolute Gasteiger partial charge is 0.255 e. The Balaban J connectivity index is 0. The number of carbonyl (C=O) groups is 1. The molecule has 3 nitrogen and oxygen atoms in total. The van der Waals surface area contributed by atoms with Crippen LogP contribution in [0.15, 0.2) is 6.07 Å². The molecule has 7 heteroatoms. The van der Waals surface area contributed by atoms with Crippen LogP contribution in [0.25, 0.3) is 0 Å². The zero-order chi connectivity index (χ0) is 13.6. The molecule has 0 aliphatic rings. The standard InChI is InChI=1S/C8H5F4NO2.C2H6.H2/c9-3-1-4(10)7(12)8(6(3)11)15-2-5(13)14;1-2;/h1H,2H2,(H2,13,14);1-2H3;1H. The van der Waals surface area contributed by atoms with Crippen LogP contribution in [-0.2, 0) is 4.79 Å². The van der Waals surface area contributed by atoms with E-state index in [4.69, 9.17) is 0 Å². The van der Waals surface area contributed by atoms with Gasteiger partial charge in [0.2, 0.25) is 11.6 Å². The van der Waals surface area contributed by atoms with Crippen LogP contribution in [0.3, 0.4) is 0 Å². The molecule has 98 valence electrons. The van der Waals surface area contributed by atoms with Gasteiger partial charge >= 0.3 is 0 Å². The van der Waals surface area contributed by atoms with Gasteiger partial charge in [0.1, 0.15) is 0 Å². The van der Waals surface area contributed by atoms with Gasteiger partial charge in [-0.3, -0.25) is 4.79 Å². The summed E-state index contributed by atoms with van der Waals surface area (Å²) in [7, 11) is 0. The quantitative estimate of drug-likeness (QED) is 0.666. The van der Waals surface area contributed by atoms with Gasteiger partial charge in [0, 0.05) is 7.49 Å².